The predicted molar refractivity (Wildman–Crippen MR) is 437 cm³/mol. The third-order valence-electron chi connectivity index (χ3n) is 18.2. The number of guanidine groups is 1. The average molecular weight is 1630 g/mol. The van der Waals surface area contributed by atoms with E-state index in [1.54, 1.807) is 12.1 Å². The standard InChI is InChI=1S/C79H124N12O18S3/c1-53(2)83-26-10-8-15-60-48-71(96)68(46-56-19-22-64(93)23-20-56)91-76(101)61(43-55(5)92)25-42-111-112-52-63(47-65(94)50-87-74(99)62(45-57-18-21-58-13-6-7-14-59(58)44-57)49-70(95)66(89-75(60)100)17-12-28-86-79(81)82)77(102)90-67(16-9-11-27-84-54(3)4)78(103)85-29-31-105-33-35-107-37-39-109-41-40-108-38-36-106-34-32-104-30-24-72(97)88-69(51-110)73(80)98/h6-7,13-14,18-23,44,53-54,60-63,66-69,83-84,93,110H,8-12,15-17,24-43,45-52H2,1-5H3,(H2,80,98)(H,85,103)(H,87,99)(H,88,97)(H,89,100)(H,90,102)(H,91,101)(H4,81,82,86)/t60?,61?,62?,63?,66-,67?,68?,69?/m1/s1. The largest absolute Gasteiger partial charge is 0.508 e. The highest BCUT2D eigenvalue weighted by Gasteiger charge is 2.35. The van der Waals surface area contributed by atoms with Crippen LogP contribution in [0.25, 0.3) is 10.8 Å². The maximum absolute atomic E-state index is 15.1. The molecule has 0 aromatic heterocycles. The molecule has 1 saturated heterocycles. The van der Waals surface area contributed by atoms with Crippen LogP contribution < -0.4 is 59.7 Å². The molecule has 626 valence electrons. The van der Waals surface area contributed by atoms with Gasteiger partial charge >= 0.3 is 0 Å². The zero-order chi connectivity index (χ0) is 81.8. The maximum Gasteiger partial charge on any atom is 0.242 e. The molecule has 0 spiro atoms. The highest BCUT2D eigenvalue weighted by atomic mass is 33.1. The van der Waals surface area contributed by atoms with Crippen LogP contribution in [0.1, 0.15) is 136 Å². The molecule has 0 saturated carbocycles. The molecule has 1 aliphatic rings. The van der Waals surface area contributed by atoms with Gasteiger partial charge in [0.05, 0.1) is 104 Å². The molecule has 0 bridgehead atoms. The number of Topliss-reactive ketones (excluding diaryl/α,β-unsaturated/α-hetero) is 4. The number of unbranched alkanes of at least 4 members (excludes halogenated alkanes) is 2. The highest BCUT2D eigenvalue weighted by Crippen LogP contribution is 2.30. The van der Waals surface area contributed by atoms with Gasteiger partial charge < -0.3 is 98.1 Å². The minimum absolute atomic E-state index is 0.0181. The lowest BCUT2D eigenvalue weighted by Gasteiger charge is -2.26. The van der Waals surface area contributed by atoms with Crippen molar-refractivity contribution in [2.75, 3.05) is 129 Å². The summed E-state index contributed by atoms with van der Waals surface area (Å²) in [6.07, 6.45) is 2.11. The molecule has 112 heavy (non-hydrogen) atoms. The maximum atomic E-state index is 15.1. The van der Waals surface area contributed by atoms with Crippen LogP contribution >= 0.6 is 34.2 Å². The second-order valence-corrected chi connectivity index (χ2v) is 31.4. The minimum atomic E-state index is -1.21. The third-order valence-corrected chi connectivity index (χ3v) is 21.0. The highest BCUT2D eigenvalue weighted by molar-refractivity contribution is 8.76. The lowest BCUT2D eigenvalue weighted by molar-refractivity contribution is -0.135. The number of ether oxygens (including phenoxy) is 6. The van der Waals surface area contributed by atoms with Crippen LogP contribution in [0.4, 0.5) is 0 Å². The molecule has 1 fully saturated rings. The average Bonchev–Trinajstić information content (AvgIpc) is 0.902. The number of ketones is 4. The van der Waals surface area contributed by atoms with Gasteiger partial charge in [0.25, 0.3) is 0 Å². The number of nitrogens with zero attached hydrogens (tertiary/aromatic N) is 1. The molecular weight excluding hydrogens is 1500 g/mol. The fraction of sp³-hybridized carbons (Fsp3) is 0.646. The number of rotatable bonds is 49. The number of hydrogen-bond donors (Lipinski definition) is 13. The molecule has 15 N–H and O–H groups in total. The van der Waals surface area contributed by atoms with E-state index < -0.39 is 114 Å². The third kappa shape index (κ3) is 43.3. The smallest absolute Gasteiger partial charge is 0.242 e. The Morgan fingerprint density at radius 2 is 1.17 bits per heavy atom. The summed E-state index contributed by atoms with van der Waals surface area (Å²) in [5.74, 6) is -9.46. The Labute approximate surface area is 673 Å². The van der Waals surface area contributed by atoms with Crippen molar-refractivity contribution in [3.8, 4) is 5.75 Å². The summed E-state index contributed by atoms with van der Waals surface area (Å²) in [6, 6.07) is 15.7. The van der Waals surface area contributed by atoms with Crippen LogP contribution in [0.2, 0.25) is 0 Å². The number of carbonyl (C=O) groups is 11. The molecular formula is C79H124N12O18S3. The van der Waals surface area contributed by atoms with E-state index in [2.05, 4.69) is 60.2 Å². The number of primary amides is 1. The topological polar surface area (TPSA) is 450 Å². The normalized spacial score (nSPS) is 18.8. The SMILES string of the molecule is CC(=O)CC1CCSSCC(C(=O)NC(CCCCNC(C)C)C(=O)NCCOCCOCCOCCOCCOCCOCCC(=O)NC(CS)C(N)=O)CC(=O)CNC(=O)C(Cc2ccc3ccccc3c2)CC(=O)[C@@H](CCCN=C(N)N)NC(=O)C(CCCCNC(C)C)CC(=O)C(Cc2ccc(O)cc2)NC1=O. The number of nitrogens with one attached hydrogen (secondary N) is 8. The molecule has 3 aromatic rings. The van der Waals surface area contributed by atoms with Crippen LogP contribution in [0.15, 0.2) is 71.7 Å². The molecule has 7 unspecified atom stereocenters. The Morgan fingerprint density at radius 3 is 1.78 bits per heavy atom. The van der Waals surface area contributed by atoms with Crippen LogP contribution in [0.5, 0.6) is 5.75 Å². The molecule has 33 heteroatoms. The van der Waals surface area contributed by atoms with E-state index in [4.69, 9.17) is 45.6 Å². The van der Waals surface area contributed by atoms with Gasteiger partial charge in [-0.05, 0) is 118 Å². The number of aromatic hydroxyl groups is 1. The van der Waals surface area contributed by atoms with E-state index in [0.29, 0.717) is 90.6 Å². The molecule has 3 aromatic carbocycles. The second kappa shape index (κ2) is 57.7. The van der Waals surface area contributed by atoms with Crippen LogP contribution in [0, 0.1) is 23.7 Å². The first kappa shape index (κ1) is 97.1. The molecule has 1 aliphatic heterocycles. The van der Waals surface area contributed by atoms with Crippen LogP contribution in [-0.2, 0) is 94.0 Å². The van der Waals surface area contributed by atoms with E-state index >= 15 is 4.79 Å². The van der Waals surface area contributed by atoms with E-state index in [9.17, 15) is 53.1 Å². The van der Waals surface area contributed by atoms with Crippen LogP contribution in [0.3, 0.4) is 0 Å². The van der Waals surface area contributed by atoms with Crippen molar-refractivity contribution >= 4 is 115 Å². The van der Waals surface area contributed by atoms with Gasteiger partial charge in [-0.3, -0.25) is 52.9 Å². The first-order valence-electron chi connectivity index (χ1n) is 39.0. The summed E-state index contributed by atoms with van der Waals surface area (Å²) in [4.78, 5) is 158. The van der Waals surface area contributed by atoms with Gasteiger partial charge in [-0.1, -0.05) is 110 Å². The van der Waals surface area contributed by atoms with E-state index in [1.807, 2.05) is 70.2 Å². The van der Waals surface area contributed by atoms with Crippen molar-refractivity contribution in [1.29, 1.82) is 0 Å². The zero-order valence-corrected chi connectivity index (χ0v) is 68.4. The summed E-state index contributed by atoms with van der Waals surface area (Å²) in [5.41, 5.74) is 17.9. The second-order valence-electron chi connectivity index (χ2n) is 28.4. The van der Waals surface area contributed by atoms with Gasteiger partial charge in [0.2, 0.25) is 41.4 Å². The number of phenols is 1. The summed E-state index contributed by atoms with van der Waals surface area (Å²) >= 11 is 4.00. The predicted octanol–water partition coefficient (Wildman–Crippen LogP) is 3.90. The summed E-state index contributed by atoms with van der Waals surface area (Å²) in [5, 5.41) is 35.8. The first-order chi connectivity index (χ1) is 53.8. The monoisotopic (exact) mass is 1620 g/mol. The van der Waals surface area contributed by atoms with Crippen molar-refractivity contribution in [1.82, 2.24) is 42.5 Å². The van der Waals surface area contributed by atoms with Gasteiger partial charge in [-0.25, -0.2) is 0 Å². The van der Waals surface area contributed by atoms with E-state index in [1.165, 1.54) is 40.6 Å². The fourth-order valence-electron chi connectivity index (χ4n) is 12.0. The van der Waals surface area contributed by atoms with E-state index in [-0.39, 0.29) is 169 Å². The number of phenolic OH excluding ortho intramolecular Hbond substituents is 1. The molecule has 30 nitrogen and oxygen atoms in total. The Hall–Kier alpha value is -7.31. The number of aliphatic imine (C=N–C) groups is 1. The molecule has 0 aliphatic carbocycles. The summed E-state index contributed by atoms with van der Waals surface area (Å²) in [7, 11) is 2.56. The number of thiol groups is 1. The molecule has 0 radical (unpaired) electrons. The minimum Gasteiger partial charge on any atom is -0.508 e. The molecule has 7 amide bonds. The zero-order valence-electron chi connectivity index (χ0n) is 65.9. The number of benzene rings is 3. The molecule has 1 heterocycles. The van der Waals surface area contributed by atoms with Gasteiger partial charge in [-0.15, -0.1) is 0 Å². The molecule has 4 rings (SSSR count). The number of amides is 7. The Morgan fingerprint density at radius 1 is 0.598 bits per heavy atom. The number of carbonyl (C=O) groups excluding carboxylic acids is 11. The van der Waals surface area contributed by atoms with Crippen molar-refractivity contribution in [2.45, 2.75) is 174 Å². The van der Waals surface area contributed by atoms with Crippen molar-refractivity contribution in [2.24, 2.45) is 45.9 Å². The summed E-state index contributed by atoms with van der Waals surface area (Å²) < 4.78 is 33.4. The number of fused-ring (bicyclic) bond motifs is 1. The number of hydrogen-bond acceptors (Lipinski definition) is 24. The fourth-order valence-corrected chi connectivity index (χ4v) is 14.7. The van der Waals surface area contributed by atoms with Crippen molar-refractivity contribution in [3.63, 3.8) is 0 Å². The lowest BCUT2D eigenvalue weighted by atomic mass is 9.88. The number of nitrogens with two attached hydrogens (primary N) is 3. The first-order valence-corrected chi connectivity index (χ1v) is 42.1. The van der Waals surface area contributed by atoms with Gasteiger partial charge in [0, 0.05) is 92.3 Å². The Balaban J connectivity index is 1.52. The Kier molecular flexibility index (Phi) is 50.0. The van der Waals surface area contributed by atoms with Gasteiger partial charge in [0.15, 0.2) is 23.3 Å². The quantitative estimate of drug-likeness (QED) is 0.0125. The van der Waals surface area contributed by atoms with E-state index in [0.717, 1.165) is 16.3 Å². The van der Waals surface area contributed by atoms with Crippen molar-refractivity contribution in [3.05, 3.63) is 77.9 Å². The summed E-state index contributed by atoms with van der Waals surface area (Å²) in [6.45, 7) is 13.7. The lowest BCUT2D eigenvalue weighted by Crippen LogP contribution is -2.50. The molecule has 8 atom stereocenters. The van der Waals surface area contributed by atoms with Crippen LogP contribution in [-0.4, -0.2) is 241 Å². The van der Waals surface area contributed by atoms with Gasteiger partial charge in [0.1, 0.15) is 23.6 Å². The van der Waals surface area contributed by atoms with Crippen molar-refractivity contribution < 1.29 is 86.3 Å². The Bertz CT molecular complexity index is 3370. The van der Waals surface area contributed by atoms with Gasteiger partial charge in [-0.2, -0.15) is 12.6 Å².